The number of aryl methyl sites for hydroxylation is 1. The molecule has 0 spiro atoms. The molecule has 1 unspecified atom stereocenters. The molecule has 1 aliphatic rings. The van der Waals surface area contributed by atoms with Gasteiger partial charge in [-0.1, -0.05) is 0 Å². The van der Waals surface area contributed by atoms with Gasteiger partial charge >= 0.3 is 0 Å². The minimum atomic E-state index is 0.454. The molecule has 0 bridgehead atoms. The molecule has 5 heteroatoms. The van der Waals surface area contributed by atoms with Crippen molar-refractivity contribution in [2.75, 3.05) is 20.1 Å². The Labute approximate surface area is 105 Å². The van der Waals surface area contributed by atoms with Gasteiger partial charge in [-0.3, -0.25) is 4.57 Å². The monoisotopic (exact) mass is 248 g/mol. The minimum Gasteiger partial charge on any atom is -0.329 e. The van der Waals surface area contributed by atoms with E-state index in [-0.39, 0.29) is 0 Å². The number of aromatic nitrogens is 3. The van der Waals surface area contributed by atoms with Gasteiger partial charge in [-0.05, 0) is 51.3 Å². The number of imidazole rings is 1. The lowest BCUT2D eigenvalue weighted by atomic mass is 10.2. The van der Waals surface area contributed by atoms with E-state index in [0.29, 0.717) is 6.04 Å². The molecule has 2 aromatic heterocycles. The number of hydrogen-bond acceptors (Lipinski definition) is 3. The van der Waals surface area contributed by atoms with E-state index in [0.717, 1.165) is 41.1 Å². The summed E-state index contributed by atoms with van der Waals surface area (Å²) < 4.78 is 2.97. The first-order valence-electron chi connectivity index (χ1n) is 5.91. The molecule has 3 heterocycles. The van der Waals surface area contributed by atoms with Crippen LogP contribution in [0.1, 0.15) is 18.2 Å². The van der Waals surface area contributed by atoms with Crippen LogP contribution in [0.4, 0.5) is 0 Å². The molecule has 2 aromatic rings. The SMILES string of the molecule is Cc1ccc2[nH]c(=S)n(C3CCN(C)C3)c2n1. The number of nitrogens with zero attached hydrogens (tertiary/aromatic N) is 3. The predicted octanol–water partition coefficient (Wildman–Crippen LogP) is 2.28. The fourth-order valence-corrected chi connectivity index (χ4v) is 2.90. The smallest absolute Gasteiger partial charge is 0.179 e. The number of H-pyrrole nitrogens is 1. The summed E-state index contributed by atoms with van der Waals surface area (Å²) in [5.74, 6) is 0. The van der Waals surface area contributed by atoms with Gasteiger partial charge in [0.25, 0.3) is 0 Å². The molecular weight excluding hydrogens is 232 g/mol. The van der Waals surface area contributed by atoms with Gasteiger partial charge in [0.2, 0.25) is 0 Å². The molecule has 1 N–H and O–H groups in total. The topological polar surface area (TPSA) is 36.9 Å². The number of likely N-dealkylation sites (tertiary alicyclic amines) is 1. The number of hydrogen-bond donors (Lipinski definition) is 1. The molecule has 0 aromatic carbocycles. The zero-order valence-electron chi connectivity index (χ0n) is 10.1. The van der Waals surface area contributed by atoms with Crippen molar-refractivity contribution in [2.24, 2.45) is 0 Å². The van der Waals surface area contributed by atoms with E-state index in [1.54, 1.807) is 0 Å². The van der Waals surface area contributed by atoms with E-state index in [1.165, 1.54) is 0 Å². The van der Waals surface area contributed by atoms with Crippen molar-refractivity contribution < 1.29 is 0 Å². The highest BCUT2D eigenvalue weighted by atomic mass is 32.1. The molecule has 90 valence electrons. The number of rotatable bonds is 1. The van der Waals surface area contributed by atoms with Crippen LogP contribution in [0.25, 0.3) is 11.2 Å². The van der Waals surface area contributed by atoms with Gasteiger partial charge in [0.1, 0.15) is 0 Å². The summed E-state index contributed by atoms with van der Waals surface area (Å²) in [6, 6.07) is 4.52. The summed E-state index contributed by atoms with van der Waals surface area (Å²) in [7, 11) is 2.15. The Morgan fingerprint density at radius 3 is 3.00 bits per heavy atom. The first-order valence-corrected chi connectivity index (χ1v) is 6.32. The van der Waals surface area contributed by atoms with Crippen molar-refractivity contribution in [3.05, 3.63) is 22.6 Å². The third-order valence-corrected chi connectivity index (χ3v) is 3.73. The van der Waals surface area contributed by atoms with E-state index in [9.17, 15) is 0 Å². The Kier molecular flexibility index (Phi) is 2.52. The van der Waals surface area contributed by atoms with E-state index in [4.69, 9.17) is 12.2 Å². The maximum atomic E-state index is 5.42. The van der Waals surface area contributed by atoms with E-state index < -0.39 is 0 Å². The van der Waals surface area contributed by atoms with Crippen LogP contribution in [0, 0.1) is 11.7 Å². The van der Waals surface area contributed by atoms with Crippen LogP contribution in [-0.4, -0.2) is 39.6 Å². The molecule has 1 atom stereocenters. The lowest BCUT2D eigenvalue weighted by Gasteiger charge is -2.12. The summed E-state index contributed by atoms with van der Waals surface area (Å²) in [4.78, 5) is 10.2. The standard InChI is InChI=1S/C12H16N4S/c1-8-3-4-10-11(13-8)16(12(17)14-10)9-5-6-15(2)7-9/h3-4,9H,5-7H2,1-2H3,(H,14,17). The highest BCUT2D eigenvalue weighted by Crippen LogP contribution is 2.25. The molecule has 3 rings (SSSR count). The lowest BCUT2D eigenvalue weighted by Crippen LogP contribution is -2.16. The Balaban J connectivity index is 2.17. The maximum absolute atomic E-state index is 5.42. The second-order valence-electron chi connectivity index (χ2n) is 4.83. The van der Waals surface area contributed by atoms with E-state index in [2.05, 4.69) is 32.5 Å². The summed E-state index contributed by atoms with van der Waals surface area (Å²) in [5, 5.41) is 0. The lowest BCUT2D eigenvalue weighted by molar-refractivity contribution is 0.393. The zero-order chi connectivity index (χ0) is 12.0. The largest absolute Gasteiger partial charge is 0.329 e. The van der Waals surface area contributed by atoms with Crippen LogP contribution in [0.15, 0.2) is 12.1 Å². The van der Waals surface area contributed by atoms with Gasteiger partial charge in [-0.2, -0.15) is 0 Å². The number of likely N-dealkylation sites (N-methyl/N-ethyl adjacent to an activating group) is 1. The van der Waals surface area contributed by atoms with E-state index >= 15 is 0 Å². The summed E-state index contributed by atoms with van der Waals surface area (Å²) in [6.45, 7) is 4.20. The minimum absolute atomic E-state index is 0.454. The van der Waals surface area contributed by atoms with Crippen molar-refractivity contribution >= 4 is 23.4 Å². The van der Waals surface area contributed by atoms with Crippen LogP contribution in [0.3, 0.4) is 0 Å². The summed E-state index contributed by atoms with van der Waals surface area (Å²) >= 11 is 5.42. The fraction of sp³-hybridized carbons (Fsp3) is 0.500. The van der Waals surface area contributed by atoms with Crippen molar-refractivity contribution in [3.8, 4) is 0 Å². The highest BCUT2D eigenvalue weighted by Gasteiger charge is 2.23. The highest BCUT2D eigenvalue weighted by molar-refractivity contribution is 7.71. The van der Waals surface area contributed by atoms with Gasteiger partial charge in [-0.25, -0.2) is 4.98 Å². The molecule has 0 aliphatic carbocycles. The number of pyridine rings is 1. The Hall–Kier alpha value is -1.20. The fourth-order valence-electron chi connectivity index (χ4n) is 2.56. The Morgan fingerprint density at radius 1 is 1.47 bits per heavy atom. The molecular formula is C12H16N4S. The van der Waals surface area contributed by atoms with Crippen molar-refractivity contribution in [2.45, 2.75) is 19.4 Å². The molecule has 1 fully saturated rings. The summed E-state index contributed by atoms with van der Waals surface area (Å²) in [6.07, 6.45) is 1.15. The van der Waals surface area contributed by atoms with Gasteiger partial charge in [0, 0.05) is 12.2 Å². The van der Waals surface area contributed by atoms with Crippen LogP contribution >= 0.6 is 12.2 Å². The van der Waals surface area contributed by atoms with Gasteiger partial charge in [-0.15, -0.1) is 0 Å². The van der Waals surface area contributed by atoms with Crippen molar-refractivity contribution in [1.82, 2.24) is 19.4 Å². The van der Waals surface area contributed by atoms with Gasteiger partial charge in [0.15, 0.2) is 10.4 Å². The molecule has 4 nitrogen and oxygen atoms in total. The average Bonchev–Trinajstić information content (AvgIpc) is 2.81. The third-order valence-electron chi connectivity index (χ3n) is 3.43. The zero-order valence-corrected chi connectivity index (χ0v) is 10.9. The van der Waals surface area contributed by atoms with Crippen LogP contribution in [0.2, 0.25) is 0 Å². The Morgan fingerprint density at radius 2 is 2.29 bits per heavy atom. The predicted molar refractivity (Wildman–Crippen MR) is 70.8 cm³/mol. The second-order valence-corrected chi connectivity index (χ2v) is 5.22. The number of fused-ring (bicyclic) bond motifs is 1. The molecule has 0 saturated carbocycles. The van der Waals surface area contributed by atoms with E-state index in [1.807, 2.05) is 13.0 Å². The molecule has 0 radical (unpaired) electrons. The molecule has 1 saturated heterocycles. The van der Waals surface area contributed by atoms with Gasteiger partial charge in [0.05, 0.1) is 11.6 Å². The average molecular weight is 248 g/mol. The number of nitrogens with one attached hydrogen (secondary N) is 1. The number of aromatic amines is 1. The third kappa shape index (κ3) is 1.79. The van der Waals surface area contributed by atoms with Crippen LogP contribution in [0.5, 0.6) is 0 Å². The van der Waals surface area contributed by atoms with Crippen LogP contribution in [-0.2, 0) is 0 Å². The second kappa shape index (κ2) is 3.92. The van der Waals surface area contributed by atoms with Crippen LogP contribution < -0.4 is 0 Å². The van der Waals surface area contributed by atoms with Crippen molar-refractivity contribution in [1.29, 1.82) is 0 Å². The maximum Gasteiger partial charge on any atom is 0.179 e. The summed E-state index contributed by atoms with van der Waals surface area (Å²) in [5.41, 5.74) is 3.07. The molecule has 17 heavy (non-hydrogen) atoms. The molecule has 0 amide bonds. The quantitative estimate of drug-likeness (QED) is 0.787. The van der Waals surface area contributed by atoms with Gasteiger partial charge < -0.3 is 9.88 Å². The molecule has 1 aliphatic heterocycles. The first-order chi connectivity index (χ1) is 8.15. The van der Waals surface area contributed by atoms with Crippen molar-refractivity contribution in [3.63, 3.8) is 0 Å². The first kappa shape index (κ1) is 10.9. The Bertz CT molecular complexity index is 612. The normalized spacial score (nSPS) is 21.4.